The third kappa shape index (κ3) is 4.43. The molecule has 0 unspecified atom stereocenters. The Kier molecular flexibility index (Phi) is 5.83. The Morgan fingerprint density at radius 3 is 2.55 bits per heavy atom. The van der Waals surface area contributed by atoms with Crippen molar-refractivity contribution in [3.05, 3.63) is 69.4 Å². The molecule has 0 radical (unpaired) electrons. The van der Waals surface area contributed by atoms with Crippen LogP contribution < -0.4 is 5.69 Å². The third-order valence-electron chi connectivity index (χ3n) is 5.68. The van der Waals surface area contributed by atoms with Gasteiger partial charge in [-0.2, -0.15) is 0 Å². The molecule has 2 aromatic carbocycles. The first kappa shape index (κ1) is 19.9. The molecule has 29 heavy (non-hydrogen) atoms. The fourth-order valence-corrected chi connectivity index (χ4v) is 4.24. The van der Waals surface area contributed by atoms with Gasteiger partial charge in [0.2, 0.25) is 0 Å². The first-order chi connectivity index (χ1) is 14.0. The smallest absolute Gasteiger partial charge is 0.306 e. The van der Waals surface area contributed by atoms with Crippen LogP contribution in [0.2, 0.25) is 5.02 Å². The van der Waals surface area contributed by atoms with Gasteiger partial charge in [-0.15, -0.1) is 0 Å². The number of nitrogens with zero attached hydrogens (tertiary/aromatic N) is 2. The van der Waals surface area contributed by atoms with Gasteiger partial charge in [-0.1, -0.05) is 11.6 Å². The van der Waals surface area contributed by atoms with Crippen LogP contribution in [0.4, 0.5) is 4.39 Å². The summed E-state index contributed by atoms with van der Waals surface area (Å²) in [7, 11) is 0. The van der Waals surface area contributed by atoms with Gasteiger partial charge in [0.05, 0.1) is 11.0 Å². The summed E-state index contributed by atoms with van der Waals surface area (Å²) in [5.74, 6) is -0.227. The van der Waals surface area contributed by atoms with E-state index >= 15 is 0 Å². The molecule has 4 rings (SSSR count). The van der Waals surface area contributed by atoms with Gasteiger partial charge in [0.1, 0.15) is 5.82 Å². The minimum Gasteiger partial charge on any atom is -0.306 e. The molecule has 0 atom stereocenters. The zero-order valence-electron chi connectivity index (χ0n) is 16.0. The number of hydrogen-bond donors (Lipinski definition) is 1. The first-order valence-electron chi connectivity index (χ1n) is 9.91. The molecule has 0 bridgehead atoms. The van der Waals surface area contributed by atoms with Crippen LogP contribution in [0.15, 0.2) is 47.3 Å². The summed E-state index contributed by atoms with van der Waals surface area (Å²) in [6, 6.07) is 11.2. The molecule has 152 valence electrons. The summed E-state index contributed by atoms with van der Waals surface area (Å²) in [5, 5.41) is 0.609. The molecule has 1 aliphatic heterocycles. The van der Waals surface area contributed by atoms with Crippen LogP contribution in [0.25, 0.3) is 11.0 Å². The lowest BCUT2D eigenvalue weighted by Crippen LogP contribution is -2.37. The Hall–Kier alpha value is -2.44. The highest BCUT2D eigenvalue weighted by Gasteiger charge is 2.25. The predicted molar refractivity (Wildman–Crippen MR) is 112 cm³/mol. The SMILES string of the molecule is O=C(c1ccc(F)cc1)C1CCN(CCCn2c(=O)[nH]c3ccc(Cl)cc32)CC1. The van der Waals surface area contributed by atoms with Crippen LogP contribution in [-0.4, -0.2) is 39.9 Å². The Morgan fingerprint density at radius 1 is 1.10 bits per heavy atom. The third-order valence-corrected chi connectivity index (χ3v) is 5.92. The second-order valence-corrected chi connectivity index (χ2v) is 8.02. The quantitative estimate of drug-likeness (QED) is 0.616. The van der Waals surface area contributed by atoms with Crippen molar-refractivity contribution in [1.29, 1.82) is 0 Å². The van der Waals surface area contributed by atoms with Crippen molar-refractivity contribution in [3.8, 4) is 0 Å². The molecule has 0 saturated carbocycles. The molecule has 0 aliphatic carbocycles. The fraction of sp³-hybridized carbons (Fsp3) is 0.364. The lowest BCUT2D eigenvalue weighted by Gasteiger charge is -2.31. The summed E-state index contributed by atoms with van der Waals surface area (Å²) >= 11 is 6.06. The topological polar surface area (TPSA) is 58.1 Å². The van der Waals surface area contributed by atoms with Gasteiger partial charge >= 0.3 is 5.69 Å². The Balaban J connectivity index is 1.29. The standard InChI is InChI=1S/C22H23ClFN3O2/c23-17-4-7-19-20(14-17)27(22(29)25-19)11-1-10-26-12-8-16(9-13-26)21(28)15-2-5-18(24)6-3-15/h2-7,14,16H,1,8-13H2,(H,25,29). The average Bonchev–Trinajstić information content (AvgIpc) is 3.03. The zero-order chi connectivity index (χ0) is 20.4. The molecule has 5 nitrogen and oxygen atoms in total. The monoisotopic (exact) mass is 415 g/mol. The van der Waals surface area contributed by atoms with Crippen LogP contribution in [0, 0.1) is 11.7 Å². The maximum atomic E-state index is 13.0. The minimum atomic E-state index is -0.326. The number of H-pyrrole nitrogens is 1. The van der Waals surface area contributed by atoms with Crippen LogP contribution in [0.1, 0.15) is 29.6 Å². The van der Waals surface area contributed by atoms with E-state index in [1.807, 2.05) is 6.07 Å². The average molecular weight is 416 g/mol. The highest BCUT2D eigenvalue weighted by molar-refractivity contribution is 6.31. The maximum absolute atomic E-state index is 13.0. The van der Waals surface area contributed by atoms with Gasteiger partial charge in [0, 0.05) is 23.0 Å². The number of aromatic amines is 1. The van der Waals surface area contributed by atoms with Crippen molar-refractivity contribution in [3.63, 3.8) is 0 Å². The largest absolute Gasteiger partial charge is 0.326 e. The van der Waals surface area contributed by atoms with Gasteiger partial charge < -0.3 is 9.88 Å². The summed E-state index contributed by atoms with van der Waals surface area (Å²) in [6.45, 7) is 3.20. The number of nitrogens with one attached hydrogen (secondary N) is 1. The molecule has 1 N–H and O–H groups in total. The van der Waals surface area contributed by atoms with Gasteiger partial charge in [-0.05, 0) is 81.4 Å². The molecule has 1 aromatic heterocycles. The van der Waals surface area contributed by atoms with Crippen molar-refractivity contribution in [1.82, 2.24) is 14.5 Å². The number of carbonyl (C=O) groups is 1. The number of piperidine rings is 1. The molecule has 7 heteroatoms. The summed E-state index contributed by atoms with van der Waals surface area (Å²) in [6.07, 6.45) is 2.45. The van der Waals surface area contributed by atoms with Crippen molar-refractivity contribution in [2.45, 2.75) is 25.8 Å². The number of imidazole rings is 1. The number of benzene rings is 2. The fourth-order valence-electron chi connectivity index (χ4n) is 4.07. The van der Waals surface area contributed by atoms with E-state index in [1.54, 1.807) is 28.8 Å². The Bertz CT molecular complexity index is 1070. The van der Waals surface area contributed by atoms with E-state index in [0.717, 1.165) is 49.9 Å². The molecule has 1 fully saturated rings. The predicted octanol–water partition coefficient (Wildman–Crippen LogP) is 4.11. The van der Waals surface area contributed by atoms with Crippen molar-refractivity contribution in [2.75, 3.05) is 19.6 Å². The molecule has 2 heterocycles. The number of aryl methyl sites for hydroxylation is 1. The number of halogens is 2. The van der Waals surface area contributed by atoms with E-state index < -0.39 is 0 Å². The van der Waals surface area contributed by atoms with Crippen LogP contribution in [0.5, 0.6) is 0 Å². The lowest BCUT2D eigenvalue weighted by atomic mass is 9.89. The maximum Gasteiger partial charge on any atom is 0.326 e. The van der Waals surface area contributed by atoms with Gasteiger partial charge in [0.15, 0.2) is 5.78 Å². The molecule has 3 aromatic rings. The number of likely N-dealkylation sites (tertiary alicyclic amines) is 1. The number of rotatable bonds is 6. The van der Waals surface area contributed by atoms with E-state index in [2.05, 4.69) is 9.88 Å². The molecule has 1 aliphatic rings. The summed E-state index contributed by atoms with van der Waals surface area (Å²) in [4.78, 5) is 30.0. The van der Waals surface area contributed by atoms with E-state index in [-0.39, 0.29) is 23.2 Å². The van der Waals surface area contributed by atoms with Gasteiger partial charge in [-0.25, -0.2) is 9.18 Å². The molecule has 1 saturated heterocycles. The van der Waals surface area contributed by atoms with Crippen molar-refractivity contribution < 1.29 is 9.18 Å². The molecular formula is C22H23ClFN3O2. The Labute approximate surface area is 173 Å². The summed E-state index contributed by atoms with van der Waals surface area (Å²) in [5.41, 5.74) is 2.08. The number of Topliss-reactive ketones (excluding diaryl/α,β-unsaturated/α-hetero) is 1. The lowest BCUT2D eigenvalue weighted by molar-refractivity contribution is 0.0838. The zero-order valence-corrected chi connectivity index (χ0v) is 16.8. The van der Waals surface area contributed by atoms with Crippen LogP contribution in [0.3, 0.4) is 0 Å². The minimum absolute atomic E-state index is 0.00455. The molecule has 0 spiro atoms. The Morgan fingerprint density at radius 2 is 1.83 bits per heavy atom. The van der Waals surface area contributed by atoms with E-state index in [0.29, 0.717) is 17.1 Å². The molecular weight excluding hydrogens is 393 g/mol. The second kappa shape index (κ2) is 8.51. The normalized spacial score (nSPS) is 15.8. The number of aromatic nitrogens is 2. The molecule has 0 amide bonds. The van der Waals surface area contributed by atoms with Gasteiger partial charge in [-0.3, -0.25) is 9.36 Å². The number of ketones is 1. The van der Waals surface area contributed by atoms with E-state index in [1.165, 1.54) is 12.1 Å². The summed E-state index contributed by atoms with van der Waals surface area (Å²) < 4.78 is 14.8. The van der Waals surface area contributed by atoms with Gasteiger partial charge in [0.25, 0.3) is 0 Å². The van der Waals surface area contributed by atoms with E-state index in [9.17, 15) is 14.0 Å². The number of fused-ring (bicyclic) bond motifs is 1. The first-order valence-corrected chi connectivity index (χ1v) is 10.3. The van der Waals surface area contributed by atoms with E-state index in [4.69, 9.17) is 11.6 Å². The number of hydrogen-bond acceptors (Lipinski definition) is 3. The second-order valence-electron chi connectivity index (χ2n) is 7.58. The highest BCUT2D eigenvalue weighted by atomic mass is 35.5. The van der Waals surface area contributed by atoms with Crippen LogP contribution in [-0.2, 0) is 6.54 Å². The highest BCUT2D eigenvalue weighted by Crippen LogP contribution is 2.22. The van der Waals surface area contributed by atoms with Crippen molar-refractivity contribution in [2.24, 2.45) is 5.92 Å². The van der Waals surface area contributed by atoms with Crippen LogP contribution >= 0.6 is 11.6 Å². The number of carbonyl (C=O) groups excluding carboxylic acids is 1. The van der Waals surface area contributed by atoms with Crippen molar-refractivity contribution >= 4 is 28.4 Å².